The molecule has 210 valence electrons. The van der Waals surface area contributed by atoms with Gasteiger partial charge in [-0.2, -0.15) is 0 Å². The van der Waals surface area contributed by atoms with Gasteiger partial charge in [-0.25, -0.2) is 14.6 Å². The minimum Gasteiger partial charge on any atom is -0.493 e. The lowest BCUT2D eigenvalue weighted by molar-refractivity contribution is 0.0524. The van der Waals surface area contributed by atoms with Gasteiger partial charge in [-0.05, 0) is 56.6 Å². The summed E-state index contributed by atoms with van der Waals surface area (Å²) in [6.07, 6.45) is 0.316. The fourth-order valence-corrected chi connectivity index (χ4v) is 6.29. The summed E-state index contributed by atoms with van der Waals surface area (Å²) in [6, 6.07) is 5.69. The molecule has 0 unspecified atom stereocenters. The van der Waals surface area contributed by atoms with E-state index in [0.29, 0.717) is 55.4 Å². The normalized spacial score (nSPS) is 12.9. The van der Waals surface area contributed by atoms with Gasteiger partial charge in [0, 0.05) is 28.9 Å². The number of amides is 1. The molecular formula is C29H37N3O6S. The Kier molecular flexibility index (Phi) is 9.29. The van der Waals surface area contributed by atoms with Crippen molar-refractivity contribution >= 4 is 33.6 Å². The number of benzene rings is 1. The second kappa shape index (κ2) is 12.7. The molecule has 2 aromatic heterocycles. The third kappa shape index (κ3) is 5.67. The number of carbonyl (C=O) groups is 2. The molecule has 0 radical (unpaired) electrons. The van der Waals surface area contributed by atoms with Crippen molar-refractivity contribution in [2.24, 2.45) is 0 Å². The molecule has 1 aliphatic rings. The number of esters is 1. The number of nitrogens with zero attached hydrogens (tertiary/aromatic N) is 3. The number of aromatic nitrogens is 1. The summed E-state index contributed by atoms with van der Waals surface area (Å²) in [5, 5.41) is 0.928. The molecule has 3 heterocycles. The Morgan fingerprint density at radius 1 is 1.03 bits per heavy atom. The lowest BCUT2D eigenvalue weighted by atomic mass is 9.91. The van der Waals surface area contributed by atoms with E-state index in [4.69, 9.17) is 23.9 Å². The Morgan fingerprint density at radius 3 is 2.38 bits per heavy atom. The number of fused-ring (bicyclic) bond motifs is 3. The first-order valence-electron chi connectivity index (χ1n) is 13.4. The van der Waals surface area contributed by atoms with Crippen molar-refractivity contribution in [3.8, 4) is 22.6 Å². The SMILES string of the molecule is CCOC(=O)c1c(CN(CC)CC)nc2sc3c(c2c1-c1ccc(OC)c(OC)c1)CCN(C(=O)OCC)C3. The van der Waals surface area contributed by atoms with Gasteiger partial charge in [-0.1, -0.05) is 19.9 Å². The van der Waals surface area contributed by atoms with Crippen molar-refractivity contribution in [3.63, 3.8) is 0 Å². The Bertz CT molecular complexity index is 1350. The number of methoxy groups -OCH3 is 2. The molecule has 39 heavy (non-hydrogen) atoms. The molecule has 4 rings (SSSR count). The average Bonchev–Trinajstić information content (AvgIpc) is 3.32. The highest BCUT2D eigenvalue weighted by molar-refractivity contribution is 7.19. The van der Waals surface area contributed by atoms with Crippen molar-refractivity contribution in [2.45, 2.75) is 47.2 Å². The molecule has 0 atom stereocenters. The molecule has 0 fully saturated rings. The Hall–Kier alpha value is -3.37. The van der Waals surface area contributed by atoms with Gasteiger partial charge in [0.1, 0.15) is 4.83 Å². The van der Waals surface area contributed by atoms with Crippen LogP contribution in [-0.2, 0) is 29.0 Å². The summed E-state index contributed by atoms with van der Waals surface area (Å²) in [5.74, 6) is 0.769. The highest BCUT2D eigenvalue weighted by Gasteiger charge is 2.31. The summed E-state index contributed by atoms with van der Waals surface area (Å²) in [4.78, 5) is 37.1. The van der Waals surface area contributed by atoms with Crippen LogP contribution in [0.1, 0.15) is 54.2 Å². The smallest absolute Gasteiger partial charge is 0.410 e. The first-order chi connectivity index (χ1) is 18.9. The molecule has 0 N–H and O–H groups in total. The molecule has 10 heteroatoms. The van der Waals surface area contributed by atoms with Gasteiger partial charge < -0.3 is 23.8 Å². The Labute approximate surface area is 233 Å². The quantitative estimate of drug-likeness (QED) is 0.303. The van der Waals surface area contributed by atoms with E-state index in [2.05, 4.69) is 18.7 Å². The van der Waals surface area contributed by atoms with E-state index in [1.807, 2.05) is 18.2 Å². The maximum atomic E-state index is 13.6. The topological polar surface area (TPSA) is 90.4 Å². The van der Waals surface area contributed by atoms with Crippen LogP contribution < -0.4 is 9.47 Å². The minimum absolute atomic E-state index is 0.253. The molecule has 9 nitrogen and oxygen atoms in total. The van der Waals surface area contributed by atoms with E-state index in [1.54, 1.807) is 44.3 Å². The number of thiophene rings is 1. The zero-order chi connectivity index (χ0) is 28.1. The third-order valence-corrected chi connectivity index (χ3v) is 8.12. The molecule has 0 aliphatic carbocycles. The number of hydrogen-bond acceptors (Lipinski definition) is 9. The minimum atomic E-state index is -0.400. The van der Waals surface area contributed by atoms with Crippen LogP contribution in [0.5, 0.6) is 11.5 Å². The molecule has 3 aromatic rings. The summed E-state index contributed by atoms with van der Waals surface area (Å²) >= 11 is 1.57. The summed E-state index contributed by atoms with van der Waals surface area (Å²) in [5.41, 5.74) is 3.85. The van der Waals surface area contributed by atoms with Gasteiger partial charge >= 0.3 is 12.1 Å². The van der Waals surface area contributed by atoms with Crippen LogP contribution in [0.4, 0.5) is 4.79 Å². The van der Waals surface area contributed by atoms with Gasteiger partial charge in [-0.15, -0.1) is 11.3 Å². The van der Waals surface area contributed by atoms with Crippen molar-refractivity contribution in [1.29, 1.82) is 0 Å². The van der Waals surface area contributed by atoms with Gasteiger partial charge in [0.25, 0.3) is 0 Å². The molecule has 1 aromatic carbocycles. The van der Waals surface area contributed by atoms with E-state index in [9.17, 15) is 9.59 Å². The Balaban J connectivity index is 2.02. The van der Waals surface area contributed by atoms with Gasteiger partial charge in [0.2, 0.25) is 0 Å². The van der Waals surface area contributed by atoms with E-state index >= 15 is 0 Å². The predicted octanol–water partition coefficient (Wildman–Crippen LogP) is 5.51. The van der Waals surface area contributed by atoms with Crippen LogP contribution in [0.15, 0.2) is 18.2 Å². The maximum Gasteiger partial charge on any atom is 0.410 e. The van der Waals surface area contributed by atoms with Gasteiger partial charge in [-0.3, -0.25) is 4.90 Å². The zero-order valence-corrected chi connectivity index (χ0v) is 24.4. The second-order valence-corrected chi connectivity index (χ2v) is 10.2. The zero-order valence-electron chi connectivity index (χ0n) is 23.6. The number of rotatable bonds is 10. The second-order valence-electron chi connectivity index (χ2n) is 9.11. The molecule has 1 aliphatic heterocycles. The van der Waals surface area contributed by atoms with Crippen LogP contribution in [-0.4, -0.2) is 73.9 Å². The molecule has 0 saturated heterocycles. The first kappa shape index (κ1) is 28.6. The van der Waals surface area contributed by atoms with E-state index < -0.39 is 5.97 Å². The first-order valence-corrected chi connectivity index (χ1v) is 14.2. The van der Waals surface area contributed by atoms with Gasteiger partial charge in [0.05, 0.1) is 45.2 Å². The van der Waals surface area contributed by atoms with Crippen LogP contribution in [0.25, 0.3) is 21.3 Å². The summed E-state index contributed by atoms with van der Waals surface area (Å²) in [7, 11) is 3.19. The molecule has 0 spiro atoms. The van der Waals surface area contributed by atoms with Gasteiger partial charge in [0.15, 0.2) is 11.5 Å². The Morgan fingerprint density at radius 2 is 1.74 bits per heavy atom. The van der Waals surface area contributed by atoms with Crippen molar-refractivity contribution in [2.75, 3.05) is 47.1 Å². The largest absolute Gasteiger partial charge is 0.493 e. The summed E-state index contributed by atoms with van der Waals surface area (Å²) < 4.78 is 22.0. The molecular weight excluding hydrogens is 518 g/mol. The third-order valence-electron chi connectivity index (χ3n) is 7.01. The fourth-order valence-electron chi connectivity index (χ4n) is 5.02. The van der Waals surface area contributed by atoms with Crippen LogP contribution >= 0.6 is 11.3 Å². The van der Waals surface area contributed by atoms with Crippen LogP contribution in [0.3, 0.4) is 0 Å². The number of ether oxygens (including phenoxy) is 4. The van der Waals surface area contributed by atoms with Crippen LogP contribution in [0.2, 0.25) is 0 Å². The number of carbonyl (C=O) groups excluding carboxylic acids is 2. The fraction of sp³-hybridized carbons (Fsp3) is 0.483. The monoisotopic (exact) mass is 555 g/mol. The van der Waals surface area contributed by atoms with Crippen molar-refractivity contribution in [1.82, 2.24) is 14.8 Å². The van der Waals surface area contributed by atoms with E-state index in [1.165, 1.54) is 0 Å². The van der Waals surface area contributed by atoms with E-state index in [0.717, 1.165) is 44.9 Å². The molecule has 0 saturated carbocycles. The van der Waals surface area contributed by atoms with Crippen LogP contribution in [0, 0.1) is 0 Å². The molecule has 0 bridgehead atoms. The number of hydrogen-bond donors (Lipinski definition) is 0. The van der Waals surface area contributed by atoms with Crippen molar-refractivity contribution in [3.05, 3.63) is 39.9 Å². The standard InChI is InChI=1S/C29H37N3O6S/c1-7-31(8-2)16-20-26(28(33)37-9-3)24(18-11-12-21(35-5)22(15-18)36-6)25-19-13-14-32(29(34)38-10-4)17-23(19)39-27(25)30-20/h11-12,15H,7-10,13-14,16-17H2,1-6H3. The lowest BCUT2D eigenvalue weighted by Gasteiger charge is -2.26. The molecule has 1 amide bonds. The summed E-state index contributed by atoms with van der Waals surface area (Å²) in [6.45, 7) is 11.5. The number of pyridine rings is 1. The lowest BCUT2D eigenvalue weighted by Crippen LogP contribution is -2.35. The average molecular weight is 556 g/mol. The highest BCUT2D eigenvalue weighted by Crippen LogP contribution is 2.44. The van der Waals surface area contributed by atoms with E-state index in [-0.39, 0.29) is 12.7 Å². The predicted molar refractivity (Wildman–Crippen MR) is 152 cm³/mol. The maximum absolute atomic E-state index is 13.6. The van der Waals surface area contributed by atoms with Crippen molar-refractivity contribution < 1.29 is 28.5 Å². The highest BCUT2D eigenvalue weighted by atomic mass is 32.1.